The van der Waals surface area contributed by atoms with Crippen LogP contribution in [-0.2, 0) is 26.8 Å². The number of hydrogen-bond donors (Lipinski definition) is 2. The molecule has 0 spiro atoms. The molecule has 0 saturated heterocycles. The molecule has 0 aliphatic carbocycles. The molecule has 0 heterocycles. The van der Waals surface area contributed by atoms with Crippen LogP contribution in [0, 0.1) is 0 Å². The molecule has 0 rings (SSSR count). The first-order valence-corrected chi connectivity index (χ1v) is 1.95. The summed E-state index contributed by atoms with van der Waals surface area (Å²) in [5, 5.41) is 0. The monoisotopic (exact) mass is 373 g/mol. The predicted octanol–water partition coefficient (Wildman–Crippen LogP) is -2.96. The maximum atomic E-state index is 8.74. The normalized spacial score (nSPS) is 3.43. The molecular weight excluding hydrogens is 367 g/mol. The van der Waals surface area contributed by atoms with Crippen molar-refractivity contribution < 1.29 is 39.3 Å². The Morgan fingerprint density at radius 3 is 1.43 bits per heavy atom. The van der Waals surface area contributed by atoms with E-state index in [1.165, 1.54) is 0 Å². The van der Waals surface area contributed by atoms with E-state index in [2.05, 4.69) is 0 Å². The van der Waals surface area contributed by atoms with E-state index in [0.717, 1.165) is 0 Å². The average Bonchev–Trinajstić information content (AvgIpc) is 0.811. The SMILES string of the molecule is O=[Si](O)O.[Ca+2].[GaH3].[H-].[H-].[Ta]. The summed E-state index contributed by atoms with van der Waals surface area (Å²) in [4.78, 5) is 14.3. The molecule has 0 aromatic heterocycles. The van der Waals surface area contributed by atoms with Gasteiger partial charge in [0.05, 0.1) is 0 Å². The summed E-state index contributed by atoms with van der Waals surface area (Å²) in [7, 11) is -3.13. The first-order valence-electron chi connectivity index (χ1n) is 0.651. The van der Waals surface area contributed by atoms with Gasteiger partial charge in [-0.1, -0.05) is 0 Å². The summed E-state index contributed by atoms with van der Waals surface area (Å²) >= 11 is 0. The van der Waals surface area contributed by atoms with Crippen molar-refractivity contribution in [1.29, 1.82) is 0 Å². The fraction of sp³-hybridized carbons (Fsp3) is 0. The summed E-state index contributed by atoms with van der Waals surface area (Å²) in [6.07, 6.45) is 0. The molecule has 39 valence electrons. The van der Waals surface area contributed by atoms with Crippen molar-refractivity contribution in [3.05, 3.63) is 0 Å². The van der Waals surface area contributed by atoms with Crippen LogP contribution >= 0.6 is 0 Å². The van der Waals surface area contributed by atoms with Gasteiger partial charge in [0.15, 0.2) is 0 Å². The van der Waals surface area contributed by atoms with Gasteiger partial charge in [-0.25, -0.2) is 0 Å². The van der Waals surface area contributed by atoms with E-state index in [4.69, 9.17) is 14.1 Å². The smallest absolute Gasteiger partial charge is 0 e. The van der Waals surface area contributed by atoms with Crippen molar-refractivity contribution >= 4 is 66.7 Å². The van der Waals surface area contributed by atoms with E-state index in [1.807, 2.05) is 0 Å². The number of hydrogen-bond acceptors (Lipinski definition) is 1. The van der Waals surface area contributed by atoms with Gasteiger partial charge in [-0.3, -0.25) is 4.46 Å². The van der Waals surface area contributed by atoms with Crippen LogP contribution in [0.2, 0.25) is 0 Å². The van der Waals surface area contributed by atoms with Gasteiger partial charge in [0.2, 0.25) is 0 Å². The van der Waals surface area contributed by atoms with E-state index in [1.54, 1.807) is 0 Å². The minimum absolute atomic E-state index is 0. The largest absolute Gasteiger partial charge is 1.00 e. The zero-order valence-electron chi connectivity index (χ0n) is 4.96. The van der Waals surface area contributed by atoms with Gasteiger partial charge in [-0.05, 0) is 0 Å². The molecule has 0 unspecified atom stereocenters. The molecule has 3 nitrogen and oxygen atoms in total. The van der Waals surface area contributed by atoms with E-state index in [9.17, 15) is 0 Å². The third-order valence-electron chi connectivity index (χ3n) is 0. The van der Waals surface area contributed by atoms with E-state index >= 15 is 0 Å². The van der Waals surface area contributed by atoms with Gasteiger partial charge in [0.25, 0.3) is 0 Å². The van der Waals surface area contributed by atoms with Crippen molar-refractivity contribution in [2.45, 2.75) is 0 Å². The standard InChI is InChI=1S/Ca.Ga.H2O3Si.Ta.5H/c;;1-4(2)3;;;;;;/h;;1-2H;;;;;;/q+2;;;;;;;2*-1. The van der Waals surface area contributed by atoms with Crippen LogP contribution in [0.3, 0.4) is 0 Å². The summed E-state index contributed by atoms with van der Waals surface area (Å²) in [5.41, 5.74) is 0. The van der Waals surface area contributed by atoms with Crippen molar-refractivity contribution in [3.8, 4) is 0 Å². The average molecular weight is 374 g/mol. The molecule has 0 aliphatic rings. The van der Waals surface area contributed by atoms with Crippen LogP contribution < -0.4 is 0 Å². The Labute approximate surface area is 104 Å². The Kier molecular flexibility index (Phi) is 51.3. The molecule has 0 aromatic carbocycles. The van der Waals surface area contributed by atoms with Crippen LogP contribution in [0.25, 0.3) is 0 Å². The summed E-state index contributed by atoms with van der Waals surface area (Å²) in [6, 6.07) is 0. The molecule has 2 N–H and O–H groups in total. The molecule has 0 aliphatic heterocycles. The van der Waals surface area contributed by atoms with Gasteiger partial charge < -0.3 is 12.4 Å². The van der Waals surface area contributed by atoms with Crippen molar-refractivity contribution in [2.24, 2.45) is 0 Å². The van der Waals surface area contributed by atoms with Gasteiger partial charge in [-0.2, -0.15) is 0 Å². The van der Waals surface area contributed by atoms with Crippen LogP contribution in [0.4, 0.5) is 0 Å². The molecule has 7 heavy (non-hydrogen) atoms. The second-order valence-corrected chi connectivity index (χ2v) is 0.848. The van der Waals surface area contributed by atoms with E-state index in [0.29, 0.717) is 0 Å². The zero-order chi connectivity index (χ0) is 3.58. The minimum atomic E-state index is -3.13. The van der Waals surface area contributed by atoms with Gasteiger partial charge in [0.1, 0.15) is 0 Å². The molecule has 0 saturated carbocycles. The summed E-state index contributed by atoms with van der Waals surface area (Å²) in [5.74, 6) is 0. The summed E-state index contributed by atoms with van der Waals surface area (Å²) in [6.45, 7) is 0. The first-order chi connectivity index (χ1) is 1.73. The van der Waals surface area contributed by atoms with Crippen molar-refractivity contribution in [2.75, 3.05) is 0 Å². The first kappa shape index (κ1) is 22.8. The van der Waals surface area contributed by atoms with Crippen molar-refractivity contribution in [3.63, 3.8) is 0 Å². The van der Waals surface area contributed by atoms with Crippen LogP contribution in [-0.4, -0.2) is 76.3 Å². The second-order valence-electron chi connectivity index (χ2n) is 0.283. The number of rotatable bonds is 0. The maximum absolute atomic E-state index is 8.74. The van der Waals surface area contributed by atoms with Gasteiger partial charge >= 0.3 is 66.7 Å². The van der Waals surface area contributed by atoms with Gasteiger partial charge in [0, 0.05) is 22.4 Å². The summed E-state index contributed by atoms with van der Waals surface area (Å²) < 4.78 is 8.74. The molecule has 0 bridgehead atoms. The minimum Gasteiger partial charge on any atom is -1.00 e. The van der Waals surface area contributed by atoms with Crippen LogP contribution in [0.15, 0.2) is 0 Å². The Morgan fingerprint density at radius 1 is 1.43 bits per heavy atom. The fourth-order valence-corrected chi connectivity index (χ4v) is 0. The molecular formula is H7CaGaO3SiTa. The topological polar surface area (TPSA) is 57.5 Å². The third-order valence-corrected chi connectivity index (χ3v) is 0. The van der Waals surface area contributed by atoms with Crippen LogP contribution in [0.5, 0.6) is 0 Å². The Hall–Kier alpha value is 2.25. The van der Waals surface area contributed by atoms with E-state index in [-0.39, 0.29) is 82.8 Å². The Balaban J connectivity index is -0.00000000450. The maximum Gasteiger partial charge on any atom is 0 e. The van der Waals surface area contributed by atoms with Crippen LogP contribution in [0.1, 0.15) is 2.85 Å². The molecule has 0 fully saturated rings. The molecule has 7 heteroatoms. The fourth-order valence-electron chi connectivity index (χ4n) is 0. The Bertz CT molecular complexity index is 44.8. The van der Waals surface area contributed by atoms with Gasteiger partial charge in [-0.15, -0.1) is 0 Å². The predicted molar refractivity (Wildman–Crippen MR) is 28.8 cm³/mol. The van der Waals surface area contributed by atoms with Crippen molar-refractivity contribution in [1.82, 2.24) is 0 Å². The Morgan fingerprint density at radius 2 is 1.43 bits per heavy atom. The van der Waals surface area contributed by atoms with E-state index < -0.39 is 9.17 Å². The zero-order valence-corrected chi connectivity index (χ0v) is 9.38. The third kappa shape index (κ3) is 63.6. The molecule has 1 radical (unpaired) electrons. The molecule has 0 amide bonds. The quantitative estimate of drug-likeness (QED) is 0.446. The second kappa shape index (κ2) is 15.7. The molecule has 0 aromatic rings. The molecule has 0 atom stereocenters.